The van der Waals surface area contributed by atoms with E-state index in [9.17, 15) is 4.79 Å². The minimum absolute atomic E-state index is 0.0229. The molecule has 2 aromatic heterocycles. The number of amides is 1. The highest BCUT2D eigenvalue weighted by atomic mass is 16.2. The van der Waals surface area contributed by atoms with Crippen molar-refractivity contribution in [2.24, 2.45) is 5.92 Å². The molecule has 2 atom stereocenters. The molecule has 4 heterocycles. The molecule has 6 heteroatoms. The van der Waals surface area contributed by atoms with Gasteiger partial charge in [-0.1, -0.05) is 6.58 Å². The minimum Gasteiger partial charge on any atom is -0.350 e. The summed E-state index contributed by atoms with van der Waals surface area (Å²) >= 11 is 0. The molecule has 1 amide bonds. The molecule has 0 bridgehead atoms. The van der Waals surface area contributed by atoms with E-state index in [-0.39, 0.29) is 5.91 Å². The number of fused-ring (bicyclic) bond motifs is 2. The third-order valence-corrected chi connectivity index (χ3v) is 4.64. The topological polar surface area (TPSA) is 65.1 Å². The zero-order valence-corrected chi connectivity index (χ0v) is 11.7. The molecule has 0 saturated carbocycles. The lowest BCUT2D eigenvalue weighted by molar-refractivity contribution is -0.128. The number of hydrogen-bond donors (Lipinski definition) is 1. The smallest absolute Gasteiger partial charge is 0.246 e. The van der Waals surface area contributed by atoms with Gasteiger partial charge in [0, 0.05) is 31.7 Å². The second kappa shape index (κ2) is 4.58. The molecular weight excluding hydrogens is 266 g/mol. The number of aromatic amines is 1. The molecule has 0 spiro atoms. The lowest BCUT2D eigenvalue weighted by Gasteiger charge is -2.54. The van der Waals surface area contributed by atoms with E-state index in [1.54, 1.807) is 6.33 Å². The van der Waals surface area contributed by atoms with Crippen molar-refractivity contribution in [3.63, 3.8) is 0 Å². The molecule has 6 nitrogen and oxygen atoms in total. The summed E-state index contributed by atoms with van der Waals surface area (Å²) in [5, 5.41) is 1.04. The summed E-state index contributed by atoms with van der Waals surface area (Å²) in [7, 11) is 0. The molecule has 2 aliphatic heterocycles. The third kappa shape index (κ3) is 1.82. The highest BCUT2D eigenvalue weighted by Crippen LogP contribution is 2.37. The number of rotatable bonds is 2. The number of aromatic nitrogens is 3. The first-order chi connectivity index (χ1) is 10.3. The maximum absolute atomic E-state index is 11.8. The zero-order chi connectivity index (χ0) is 14.4. The Balaban J connectivity index is 1.61. The number of carbonyl (C=O) groups is 1. The average Bonchev–Trinajstić information content (AvgIpc) is 2.97. The van der Waals surface area contributed by atoms with Gasteiger partial charge in [-0.05, 0) is 18.6 Å². The summed E-state index contributed by atoms with van der Waals surface area (Å²) in [6, 6.07) is 2.36. The van der Waals surface area contributed by atoms with Gasteiger partial charge in [-0.3, -0.25) is 4.79 Å². The van der Waals surface area contributed by atoms with E-state index in [4.69, 9.17) is 0 Å². The zero-order valence-electron chi connectivity index (χ0n) is 11.7. The van der Waals surface area contributed by atoms with Gasteiger partial charge in [0.05, 0.1) is 11.4 Å². The number of hydrogen-bond acceptors (Lipinski definition) is 4. The van der Waals surface area contributed by atoms with Crippen molar-refractivity contribution < 1.29 is 4.79 Å². The van der Waals surface area contributed by atoms with Crippen LogP contribution in [0.1, 0.15) is 6.42 Å². The summed E-state index contributed by atoms with van der Waals surface area (Å²) in [4.78, 5) is 27.8. The van der Waals surface area contributed by atoms with Crippen LogP contribution < -0.4 is 4.90 Å². The van der Waals surface area contributed by atoms with Crippen molar-refractivity contribution in [1.29, 1.82) is 0 Å². The van der Waals surface area contributed by atoms with Crippen LogP contribution in [0, 0.1) is 5.92 Å². The van der Waals surface area contributed by atoms with Gasteiger partial charge in [0.25, 0.3) is 0 Å². The molecular formula is C15H17N5O. The quantitative estimate of drug-likeness (QED) is 0.841. The van der Waals surface area contributed by atoms with Crippen molar-refractivity contribution in [3.05, 3.63) is 31.2 Å². The van der Waals surface area contributed by atoms with Crippen LogP contribution in [0.3, 0.4) is 0 Å². The fourth-order valence-electron chi connectivity index (χ4n) is 3.46. The first kappa shape index (κ1) is 12.4. The number of carbonyl (C=O) groups excluding carboxylic acids is 1. The molecule has 2 saturated heterocycles. The molecule has 4 rings (SSSR count). The summed E-state index contributed by atoms with van der Waals surface area (Å²) < 4.78 is 0. The fraction of sp³-hybridized carbons (Fsp3) is 0.400. The van der Waals surface area contributed by atoms with Gasteiger partial charge < -0.3 is 14.8 Å². The second-order valence-electron chi connectivity index (χ2n) is 5.69. The Kier molecular flexibility index (Phi) is 2.70. The van der Waals surface area contributed by atoms with Crippen molar-refractivity contribution in [2.75, 3.05) is 24.5 Å². The lowest BCUT2D eigenvalue weighted by Crippen LogP contribution is -2.65. The van der Waals surface area contributed by atoms with Crippen molar-refractivity contribution in [1.82, 2.24) is 19.9 Å². The van der Waals surface area contributed by atoms with Crippen LogP contribution in [0.15, 0.2) is 31.2 Å². The molecule has 2 aromatic rings. The number of piperidine rings is 1. The molecule has 2 fully saturated rings. The number of nitrogens with zero attached hydrogens (tertiary/aromatic N) is 4. The number of nitrogens with one attached hydrogen (secondary N) is 1. The minimum atomic E-state index is 0.0229. The predicted molar refractivity (Wildman–Crippen MR) is 79.9 cm³/mol. The predicted octanol–water partition coefficient (Wildman–Crippen LogP) is 1.18. The van der Waals surface area contributed by atoms with Crippen molar-refractivity contribution in [2.45, 2.75) is 12.5 Å². The molecule has 0 radical (unpaired) electrons. The van der Waals surface area contributed by atoms with Crippen LogP contribution in [-0.2, 0) is 4.79 Å². The maximum Gasteiger partial charge on any atom is 0.246 e. The van der Waals surface area contributed by atoms with Crippen LogP contribution in [-0.4, -0.2) is 51.4 Å². The van der Waals surface area contributed by atoms with Gasteiger partial charge in [-0.2, -0.15) is 0 Å². The Labute approximate surface area is 122 Å². The van der Waals surface area contributed by atoms with Gasteiger partial charge in [0.2, 0.25) is 5.91 Å². The molecule has 21 heavy (non-hydrogen) atoms. The van der Waals surface area contributed by atoms with Gasteiger partial charge in [0.1, 0.15) is 17.8 Å². The Bertz CT molecular complexity index is 709. The first-order valence-corrected chi connectivity index (χ1v) is 7.24. The van der Waals surface area contributed by atoms with E-state index in [1.165, 1.54) is 6.08 Å². The van der Waals surface area contributed by atoms with Gasteiger partial charge in [0.15, 0.2) is 0 Å². The van der Waals surface area contributed by atoms with Crippen LogP contribution in [0.4, 0.5) is 5.82 Å². The fourth-order valence-corrected chi connectivity index (χ4v) is 3.46. The van der Waals surface area contributed by atoms with Crippen molar-refractivity contribution in [3.8, 4) is 0 Å². The SMILES string of the molecule is C=CC(=O)N1CCC2CN(c3ncnc4[nH]ccc34)[C@H]2C1. The van der Waals surface area contributed by atoms with E-state index in [1.807, 2.05) is 17.2 Å². The Morgan fingerprint density at radius 2 is 2.33 bits per heavy atom. The molecule has 0 aliphatic carbocycles. The van der Waals surface area contributed by atoms with E-state index in [0.717, 1.165) is 42.9 Å². The highest BCUT2D eigenvalue weighted by molar-refractivity contribution is 5.89. The standard InChI is InChI=1S/C15H17N5O/c1-2-13(21)19-6-4-10-7-20(12(10)8-19)15-11-3-5-16-14(11)17-9-18-15/h2-3,5,9-10,12H,1,4,6-8H2,(H,16,17,18)/t10?,12-/m0/s1. The molecule has 2 aliphatic rings. The highest BCUT2D eigenvalue weighted by Gasteiger charge is 2.44. The number of H-pyrrole nitrogens is 1. The summed E-state index contributed by atoms with van der Waals surface area (Å²) in [6.45, 7) is 6.18. The monoisotopic (exact) mass is 283 g/mol. The second-order valence-corrected chi connectivity index (χ2v) is 5.69. The summed E-state index contributed by atoms with van der Waals surface area (Å²) in [5.41, 5.74) is 0.860. The normalized spacial score (nSPS) is 24.6. The van der Waals surface area contributed by atoms with Crippen LogP contribution in [0.5, 0.6) is 0 Å². The van der Waals surface area contributed by atoms with E-state index < -0.39 is 0 Å². The first-order valence-electron chi connectivity index (χ1n) is 7.24. The van der Waals surface area contributed by atoms with Crippen LogP contribution in [0.25, 0.3) is 11.0 Å². The third-order valence-electron chi connectivity index (χ3n) is 4.64. The Hall–Kier alpha value is -2.37. The van der Waals surface area contributed by atoms with E-state index >= 15 is 0 Å². The number of anilines is 1. The maximum atomic E-state index is 11.8. The summed E-state index contributed by atoms with van der Waals surface area (Å²) in [6.07, 6.45) is 5.94. The molecule has 0 aromatic carbocycles. The summed E-state index contributed by atoms with van der Waals surface area (Å²) in [5.74, 6) is 1.65. The Morgan fingerprint density at radius 3 is 3.19 bits per heavy atom. The van der Waals surface area contributed by atoms with Gasteiger partial charge in [-0.15, -0.1) is 0 Å². The largest absolute Gasteiger partial charge is 0.350 e. The van der Waals surface area contributed by atoms with Gasteiger partial charge >= 0.3 is 0 Å². The van der Waals surface area contributed by atoms with E-state index in [2.05, 4.69) is 26.4 Å². The van der Waals surface area contributed by atoms with Crippen LogP contribution >= 0.6 is 0 Å². The lowest BCUT2D eigenvalue weighted by atomic mass is 9.82. The molecule has 1 N–H and O–H groups in total. The number of likely N-dealkylation sites (tertiary alicyclic amines) is 1. The van der Waals surface area contributed by atoms with Crippen molar-refractivity contribution >= 4 is 22.8 Å². The molecule has 108 valence electrons. The molecule has 1 unspecified atom stereocenters. The van der Waals surface area contributed by atoms with E-state index in [0.29, 0.717) is 12.0 Å². The Morgan fingerprint density at radius 1 is 1.43 bits per heavy atom. The van der Waals surface area contributed by atoms with Crippen LogP contribution in [0.2, 0.25) is 0 Å². The van der Waals surface area contributed by atoms with Gasteiger partial charge in [-0.25, -0.2) is 9.97 Å². The average molecular weight is 283 g/mol.